The van der Waals surface area contributed by atoms with Gasteiger partial charge in [-0.1, -0.05) is 24.3 Å². The minimum atomic E-state index is -8.10. The van der Waals surface area contributed by atoms with Crippen molar-refractivity contribution in [2.75, 3.05) is 0 Å². The summed E-state index contributed by atoms with van der Waals surface area (Å²) in [6.45, 7) is 0. The number of Topliss-reactive ketones (excluding diaryl/α,β-unsaturated/α-hetero) is 1. The lowest BCUT2D eigenvalue weighted by Gasteiger charge is -2.39. The van der Waals surface area contributed by atoms with E-state index in [1.54, 1.807) is 0 Å². The molecule has 0 heterocycles. The van der Waals surface area contributed by atoms with Gasteiger partial charge in [0.25, 0.3) is 5.78 Å². The first kappa shape index (κ1) is 26.8. The van der Waals surface area contributed by atoms with Crippen LogP contribution in [-0.2, 0) is 5.92 Å². The van der Waals surface area contributed by atoms with E-state index in [9.17, 15) is 75.0 Å². The lowest BCUT2D eigenvalue weighted by Crippen LogP contribution is -2.69. The number of rotatable bonds is 6. The van der Waals surface area contributed by atoms with Crippen molar-refractivity contribution in [3.05, 3.63) is 35.4 Å². The number of alkyl halides is 16. The molecule has 0 spiro atoms. The predicted molar refractivity (Wildman–Crippen MR) is 66.6 cm³/mol. The summed E-state index contributed by atoms with van der Waals surface area (Å²) in [4.78, 5) is 10.8. The van der Waals surface area contributed by atoms with Crippen LogP contribution in [0.3, 0.4) is 0 Å². The van der Waals surface area contributed by atoms with Crippen LogP contribution in [0.4, 0.5) is 70.2 Å². The Hall–Kier alpha value is -2.23. The molecule has 0 aliphatic heterocycles. The Labute approximate surface area is 159 Å². The Bertz CT molecular complexity index is 814. The van der Waals surface area contributed by atoms with Crippen LogP contribution in [-0.4, -0.2) is 41.8 Å². The molecule has 0 saturated heterocycles. The molecule has 31 heavy (non-hydrogen) atoms. The molecule has 1 nitrogen and oxygen atoms in total. The maximum Gasteiger partial charge on any atom is 0.460 e. The Morgan fingerprint density at radius 3 is 1.19 bits per heavy atom. The molecule has 0 N–H and O–H groups in total. The SMILES string of the molecule is O=C(c1ccc(C(F)(F)C(F)(F)C(F)(F)C(F)(F)C(F)(F)C(F)(F)F)cc1)C(F)(F)F. The molecule has 0 saturated carbocycles. The normalized spacial score (nSPS) is 15.2. The molecule has 178 valence electrons. The van der Waals surface area contributed by atoms with Crippen molar-refractivity contribution in [2.45, 2.75) is 42.0 Å². The van der Waals surface area contributed by atoms with Gasteiger partial charge in [0, 0.05) is 11.1 Å². The topological polar surface area (TPSA) is 17.1 Å². The highest BCUT2D eigenvalue weighted by atomic mass is 19.4. The van der Waals surface area contributed by atoms with E-state index >= 15 is 0 Å². The maximum absolute atomic E-state index is 13.8. The van der Waals surface area contributed by atoms with Crippen molar-refractivity contribution < 1.29 is 75.0 Å². The fourth-order valence-corrected chi connectivity index (χ4v) is 1.95. The first-order chi connectivity index (χ1) is 13.4. The summed E-state index contributed by atoms with van der Waals surface area (Å²) in [6, 6.07) is -1.61. The summed E-state index contributed by atoms with van der Waals surface area (Å²) < 4.78 is 206. The fourth-order valence-electron chi connectivity index (χ4n) is 1.95. The molecule has 0 aliphatic rings. The summed E-state index contributed by atoms with van der Waals surface area (Å²) in [6.07, 6.45) is -13.2. The highest BCUT2D eigenvalue weighted by Gasteiger charge is 2.90. The molecule has 0 aromatic heterocycles. The minimum absolute atomic E-state index is 0.268. The minimum Gasteiger partial charge on any atom is -0.284 e. The highest BCUT2D eigenvalue weighted by Crippen LogP contribution is 2.62. The monoisotopic (exact) mass is 492 g/mol. The predicted octanol–water partition coefficient (Wildman–Crippen LogP) is 6.63. The van der Waals surface area contributed by atoms with Crippen LogP contribution < -0.4 is 0 Å². The smallest absolute Gasteiger partial charge is 0.284 e. The van der Waals surface area contributed by atoms with Crippen LogP contribution in [0.15, 0.2) is 24.3 Å². The van der Waals surface area contributed by atoms with Gasteiger partial charge < -0.3 is 0 Å². The Balaban J connectivity index is 3.52. The lowest BCUT2D eigenvalue weighted by molar-refractivity contribution is -0.441. The molecule has 0 unspecified atom stereocenters. The molecule has 0 atom stereocenters. The number of ketones is 1. The molecule has 0 fully saturated rings. The average Bonchev–Trinajstić information content (AvgIpc) is 2.58. The number of halogens is 16. The first-order valence-corrected chi connectivity index (χ1v) is 7.05. The molecule has 0 aliphatic carbocycles. The summed E-state index contributed by atoms with van der Waals surface area (Å²) in [5.74, 6) is -41.0. The van der Waals surface area contributed by atoms with Gasteiger partial charge in [-0.3, -0.25) is 4.79 Å². The van der Waals surface area contributed by atoms with Crippen LogP contribution in [0.5, 0.6) is 0 Å². The Kier molecular flexibility index (Phi) is 6.18. The molecule has 1 aromatic carbocycles. The van der Waals surface area contributed by atoms with Gasteiger partial charge in [-0.05, 0) is 0 Å². The number of hydrogen-bond acceptors (Lipinski definition) is 1. The zero-order valence-corrected chi connectivity index (χ0v) is 13.8. The summed E-state index contributed by atoms with van der Waals surface area (Å²) in [5.41, 5.74) is -4.00. The van der Waals surface area contributed by atoms with Crippen LogP contribution in [0.2, 0.25) is 0 Å². The van der Waals surface area contributed by atoms with Crippen molar-refractivity contribution >= 4 is 5.78 Å². The van der Waals surface area contributed by atoms with Gasteiger partial charge in [-0.2, -0.15) is 70.2 Å². The van der Waals surface area contributed by atoms with Gasteiger partial charge in [-0.25, -0.2) is 0 Å². The van der Waals surface area contributed by atoms with Crippen molar-refractivity contribution in [1.82, 2.24) is 0 Å². The molecule has 0 amide bonds. The second kappa shape index (κ2) is 7.15. The van der Waals surface area contributed by atoms with E-state index in [0.717, 1.165) is 0 Å². The molecule has 1 aromatic rings. The van der Waals surface area contributed by atoms with Gasteiger partial charge in [0.2, 0.25) is 0 Å². The Morgan fingerprint density at radius 2 is 0.871 bits per heavy atom. The first-order valence-electron chi connectivity index (χ1n) is 7.05. The van der Waals surface area contributed by atoms with Crippen LogP contribution >= 0.6 is 0 Å². The molecule has 0 bridgehead atoms. The fraction of sp³-hybridized carbons (Fsp3) is 0.500. The zero-order valence-electron chi connectivity index (χ0n) is 13.8. The molecule has 1 rings (SSSR count). The largest absolute Gasteiger partial charge is 0.460 e. The van der Waals surface area contributed by atoms with E-state index in [2.05, 4.69) is 0 Å². The second-order valence-electron chi connectivity index (χ2n) is 5.77. The summed E-state index contributed by atoms with van der Waals surface area (Å²) >= 11 is 0. The summed E-state index contributed by atoms with van der Waals surface area (Å²) in [5, 5.41) is 0. The van der Waals surface area contributed by atoms with E-state index in [0.29, 0.717) is 0 Å². The molecular formula is C14H4F16O. The van der Waals surface area contributed by atoms with Crippen LogP contribution in [0, 0.1) is 0 Å². The standard InChI is InChI=1S/C14H4F16O/c15-8(16,6-3-1-5(2-4-6)7(31)9(17,18)19)10(20,21)11(22,23)12(24,25)13(26,27)14(28,29)30/h1-4H. The van der Waals surface area contributed by atoms with E-state index in [1.165, 1.54) is 0 Å². The van der Waals surface area contributed by atoms with Crippen molar-refractivity contribution in [1.29, 1.82) is 0 Å². The maximum atomic E-state index is 13.8. The van der Waals surface area contributed by atoms with E-state index in [-0.39, 0.29) is 12.1 Å². The lowest BCUT2D eigenvalue weighted by atomic mass is 9.90. The van der Waals surface area contributed by atoms with Gasteiger partial charge in [0.15, 0.2) is 0 Å². The van der Waals surface area contributed by atoms with Gasteiger partial charge in [-0.15, -0.1) is 0 Å². The highest BCUT2D eigenvalue weighted by molar-refractivity contribution is 6.00. The third-order valence-corrected chi connectivity index (χ3v) is 3.70. The zero-order chi connectivity index (χ0) is 25.1. The quantitative estimate of drug-likeness (QED) is 0.322. The molecule has 17 heteroatoms. The van der Waals surface area contributed by atoms with E-state index < -0.39 is 71.0 Å². The molecular weight excluding hydrogens is 488 g/mol. The van der Waals surface area contributed by atoms with Gasteiger partial charge >= 0.3 is 42.0 Å². The van der Waals surface area contributed by atoms with Crippen molar-refractivity contribution in [3.8, 4) is 0 Å². The van der Waals surface area contributed by atoms with Crippen molar-refractivity contribution in [3.63, 3.8) is 0 Å². The number of carbonyl (C=O) groups excluding carboxylic acids is 1. The van der Waals surface area contributed by atoms with Crippen LogP contribution in [0.1, 0.15) is 15.9 Å². The van der Waals surface area contributed by atoms with Crippen LogP contribution in [0.25, 0.3) is 0 Å². The second-order valence-corrected chi connectivity index (χ2v) is 5.77. The van der Waals surface area contributed by atoms with Gasteiger partial charge in [0.1, 0.15) is 0 Å². The average molecular weight is 492 g/mol. The van der Waals surface area contributed by atoms with Crippen molar-refractivity contribution in [2.24, 2.45) is 0 Å². The third kappa shape index (κ3) is 3.90. The van der Waals surface area contributed by atoms with E-state index in [1.807, 2.05) is 0 Å². The number of benzene rings is 1. The molecule has 0 radical (unpaired) electrons. The third-order valence-electron chi connectivity index (χ3n) is 3.70. The number of hydrogen-bond donors (Lipinski definition) is 0. The number of carbonyl (C=O) groups is 1. The summed E-state index contributed by atoms with van der Waals surface area (Å²) in [7, 11) is 0. The van der Waals surface area contributed by atoms with E-state index in [4.69, 9.17) is 0 Å². The van der Waals surface area contributed by atoms with Gasteiger partial charge in [0.05, 0.1) is 0 Å². The Morgan fingerprint density at radius 1 is 0.516 bits per heavy atom.